The molecule has 3 rings (SSSR count). The lowest BCUT2D eigenvalue weighted by molar-refractivity contribution is 0.247. The summed E-state index contributed by atoms with van der Waals surface area (Å²) in [6, 6.07) is 11.0. The van der Waals surface area contributed by atoms with E-state index in [0.717, 1.165) is 38.9 Å². The highest BCUT2D eigenvalue weighted by molar-refractivity contribution is 7.11. The molecule has 0 bridgehead atoms. The highest BCUT2D eigenvalue weighted by Crippen LogP contribution is 2.26. The van der Waals surface area contributed by atoms with Crippen molar-refractivity contribution in [2.45, 2.75) is 45.3 Å². The second-order valence-electron chi connectivity index (χ2n) is 5.80. The number of benzene rings is 1. The van der Waals surface area contributed by atoms with Crippen LogP contribution in [-0.2, 0) is 25.9 Å². The van der Waals surface area contributed by atoms with Crippen LogP contribution in [-0.4, -0.2) is 22.5 Å². The summed E-state index contributed by atoms with van der Waals surface area (Å²) in [7, 11) is 0. The summed E-state index contributed by atoms with van der Waals surface area (Å²) in [6.07, 6.45) is 3.01. The van der Waals surface area contributed by atoms with Gasteiger partial charge in [-0.15, -0.1) is 11.3 Å². The summed E-state index contributed by atoms with van der Waals surface area (Å²) in [5.74, 6) is 0. The minimum Gasteiger partial charge on any atom is -0.327 e. The van der Waals surface area contributed by atoms with Crippen LogP contribution in [0.1, 0.15) is 34.5 Å². The fourth-order valence-corrected chi connectivity index (χ4v) is 3.98. The molecule has 2 aromatic rings. The van der Waals surface area contributed by atoms with Gasteiger partial charge < -0.3 is 5.73 Å². The topological polar surface area (TPSA) is 42.1 Å². The van der Waals surface area contributed by atoms with E-state index in [4.69, 9.17) is 10.7 Å². The number of nitrogens with zero attached hydrogens (tertiary/aromatic N) is 2. The van der Waals surface area contributed by atoms with E-state index in [1.54, 1.807) is 0 Å². The highest BCUT2D eigenvalue weighted by atomic mass is 32.1. The zero-order valence-electron chi connectivity index (χ0n) is 12.6. The second kappa shape index (κ2) is 6.69. The van der Waals surface area contributed by atoms with Crippen molar-refractivity contribution < 1.29 is 0 Å². The summed E-state index contributed by atoms with van der Waals surface area (Å²) >= 11 is 1.86. The van der Waals surface area contributed by atoms with Crippen molar-refractivity contribution in [1.29, 1.82) is 0 Å². The van der Waals surface area contributed by atoms with Crippen LogP contribution in [0.4, 0.5) is 0 Å². The molecule has 1 aromatic carbocycles. The predicted molar refractivity (Wildman–Crippen MR) is 88.3 cm³/mol. The number of rotatable bonds is 5. The average Bonchev–Trinajstić information content (AvgIpc) is 2.89. The summed E-state index contributed by atoms with van der Waals surface area (Å²) in [6.45, 7) is 5.30. The van der Waals surface area contributed by atoms with Gasteiger partial charge in [0.15, 0.2) is 0 Å². The van der Waals surface area contributed by atoms with Gasteiger partial charge in [0.25, 0.3) is 0 Å². The van der Waals surface area contributed by atoms with E-state index < -0.39 is 0 Å². The largest absolute Gasteiger partial charge is 0.327 e. The molecule has 0 saturated carbocycles. The van der Waals surface area contributed by atoms with Crippen LogP contribution in [0.5, 0.6) is 0 Å². The molecule has 0 amide bonds. The minimum absolute atomic E-state index is 0.248. The number of thiazole rings is 1. The first-order valence-electron chi connectivity index (χ1n) is 7.74. The third-order valence-electron chi connectivity index (χ3n) is 4.06. The molecule has 1 aliphatic rings. The maximum atomic E-state index is 6.05. The molecule has 2 N–H and O–H groups in total. The van der Waals surface area contributed by atoms with Gasteiger partial charge in [-0.3, -0.25) is 4.90 Å². The van der Waals surface area contributed by atoms with E-state index in [9.17, 15) is 0 Å². The average molecular weight is 301 g/mol. The Hall–Kier alpha value is -1.23. The zero-order valence-corrected chi connectivity index (χ0v) is 13.4. The fourth-order valence-electron chi connectivity index (χ4n) is 2.73. The van der Waals surface area contributed by atoms with Gasteiger partial charge in [0.1, 0.15) is 0 Å². The Morgan fingerprint density at radius 2 is 2.14 bits per heavy atom. The molecule has 0 spiro atoms. The maximum absolute atomic E-state index is 6.05. The van der Waals surface area contributed by atoms with Crippen LogP contribution in [0.3, 0.4) is 0 Å². The Balaban J connectivity index is 1.65. The van der Waals surface area contributed by atoms with E-state index in [2.05, 4.69) is 42.2 Å². The van der Waals surface area contributed by atoms with Crippen molar-refractivity contribution in [3.05, 3.63) is 51.5 Å². The maximum Gasteiger partial charge on any atom is 0.0947 e. The van der Waals surface area contributed by atoms with Crippen molar-refractivity contribution in [2.75, 3.05) is 6.54 Å². The van der Waals surface area contributed by atoms with E-state index in [1.807, 2.05) is 11.3 Å². The smallest absolute Gasteiger partial charge is 0.0947 e. The van der Waals surface area contributed by atoms with Gasteiger partial charge in [0.05, 0.1) is 10.7 Å². The number of hydrogen-bond donors (Lipinski definition) is 1. The van der Waals surface area contributed by atoms with Crippen molar-refractivity contribution >= 4 is 11.3 Å². The normalized spacial score (nSPS) is 16.7. The van der Waals surface area contributed by atoms with E-state index >= 15 is 0 Å². The number of hydrogen-bond acceptors (Lipinski definition) is 4. The highest BCUT2D eigenvalue weighted by Gasteiger charge is 2.21. The quantitative estimate of drug-likeness (QED) is 0.923. The predicted octanol–water partition coefficient (Wildman–Crippen LogP) is 2.98. The second-order valence-corrected chi connectivity index (χ2v) is 6.96. The third-order valence-corrected chi connectivity index (χ3v) is 5.17. The van der Waals surface area contributed by atoms with Gasteiger partial charge in [0.2, 0.25) is 0 Å². The standard InChI is InChI=1S/C17H23N3S/c1-2-14(18)10-17-19-15-8-9-20(12-16(15)21-17)11-13-6-4-3-5-7-13/h3-7,14H,2,8-12,18H2,1H3. The molecular formula is C17H23N3S. The van der Waals surface area contributed by atoms with Gasteiger partial charge in [-0.25, -0.2) is 4.98 Å². The molecule has 2 heterocycles. The lowest BCUT2D eigenvalue weighted by atomic mass is 10.1. The minimum atomic E-state index is 0.248. The first-order chi connectivity index (χ1) is 10.2. The molecule has 1 aromatic heterocycles. The number of aromatic nitrogens is 1. The van der Waals surface area contributed by atoms with Crippen LogP contribution in [0.25, 0.3) is 0 Å². The molecule has 1 unspecified atom stereocenters. The molecule has 21 heavy (non-hydrogen) atoms. The summed E-state index contributed by atoms with van der Waals surface area (Å²) < 4.78 is 0. The number of fused-ring (bicyclic) bond motifs is 1. The monoisotopic (exact) mass is 301 g/mol. The lowest BCUT2D eigenvalue weighted by Gasteiger charge is -2.25. The van der Waals surface area contributed by atoms with E-state index in [1.165, 1.54) is 21.1 Å². The lowest BCUT2D eigenvalue weighted by Crippen LogP contribution is -2.29. The van der Waals surface area contributed by atoms with E-state index in [-0.39, 0.29) is 6.04 Å². The van der Waals surface area contributed by atoms with Gasteiger partial charge in [-0.2, -0.15) is 0 Å². The molecular weight excluding hydrogens is 278 g/mol. The molecule has 0 fully saturated rings. The fraction of sp³-hybridized carbons (Fsp3) is 0.471. The first kappa shape index (κ1) is 14.7. The van der Waals surface area contributed by atoms with Crippen molar-refractivity contribution in [3.63, 3.8) is 0 Å². The Morgan fingerprint density at radius 3 is 2.90 bits per heavy atom. The van der Waals surface area contributed by atoms with Gasteiger partial charge in [-0.1, -0.05) is 37.3 Å². The van der Waals surface area contributed by atoms with Gasteiger partial charge >= 0.3 is 0 Å². The molecule has 4 heteroatoms. The summed E-state index contributed by atoms with van der Waals surface area (Å²) in [5, 5.41) is 1.22. The molecule has 3 nitrogen and oxygen atoms in total. The Labute approximate surface area is 130 Å². The Kier molecular flexibility index (Phi) is 4.68. The molecule has 1 aliphatic heterocycles. The Bertz CT molecular complexity index is 579. The van der Waals surface area contributed by atoms with Crippen LogP contribution in [0.2, 0.25) is 0 Å². The molecule has 0 radical (unpaired) electrons. The van der Waals surface area contributed by atoms with Crippen LogP contribution < -0.4 is 5.73 Å². The molecule has 0 aliphatic carbocycles. The molecule has 112 valence electrons. The first-order valence-corrected chi connectivity index (χ1v) is 8.55. The van der Waals surface area contributed by atoms with E-state index in [0.29, 0.717) is 0 Å². The SMILES string of the molecule is CCC(N)Cc1nc2c(s1)CN(Cc1ccccc1)CC2. The van der Waals surface area contributed by atoms with Crippen LogP contribution in [0, 0.1) is 0 Å². The van der Waals surface area contributed by atoms with Crippen molar-refractivity contribution in [3.8, 4) is 0 Å². The van der Waals surface area contributed by atoms with Crippen LogP contribution in [0.15, 0.2) is 30.3 Å². The van der Waals surface area contributed by atoms with Crippen LogP contribution >= 0.6 is 11.3 Å². The zero-order chi connectivity index (χ0) is 14.7. The molecule has 1 atom stereocenters. The number of nitrogens with two attached hydrogens (primary N) is 1. The summed E-state index contributed by atoms with van der Waals surface area (Å²) in [5.41, 5.74) is 8.74. The Morgan fingerprint density at radius 1 is 1.33 bits per heavy atom. The summed E-state index contributed by atoms with van der Waals surface area (Å²) in [4.78, 5) is 8.75. The van der Waals surface area contributed by atoms with Gasteiger partial charge in [0, 0.05) is 43.4 Å². The van der Waals surface area contributed by atoms with Crippen molar-refractivity contribution in [1.82, 2.24) is 9.88 Å². The van der Waals surface area contributed by atoms with Gasteiger partial charge in [-0.05, 0) is 12.0 Å². The molecule has 0 saturated heterocycles. The third kappa shape index (κ3) is 3.70. The van der Waals surface area contributed by atoms with Crippen molar-refractivity contribution in [2.24, 2.45) is 5.73 Å².